The van der Waals surface area contributed by atoms with Crippen molar-refractivity contribution in [1.82, 2.24) is 14.7 Å². The first-order valence-electron chi connectivity index (χ1n) is 6.36. The van der Waals surface area contributed by atoms with E-state index in [9.17, 15) is 4.79 Å². The Morgan fingerprint density at radius 3 is 2.72 bits per heavy atom. The molecule has 2 heterocycles. The Morgan fingerprint density at radius 2 is 2.06 bits per heavy atom. The first kappa shape index (κ1) is 12.9. The molecule has 2 rings (SSSR count). The molecule has 5 heteroatoms. The van der Waals surface area contributed by atoms with Crippen molar-refractivity contribution in [1.29, 1.82) is 0 Å². The molecule has 0 aliphatic carbocycles. The lowest BCUT2D eigenvalue weighted by molar-refractivity contribution is 0.0253. The van der Waals surface area contributed by atoms with Crippen LogP contribution in [0.5, 0.6) is 0 Å². The van der Waals surface area contributed by atoms with Gasteiger partial charge < -0.3 is 9.64 Å². The predicted molar refractivity (Wildman–Crippen MR) is 68.5 cm³/mol. The van der Waals surface area contributed by atoms with Crippen molar-refractivity contribution >= 4 is 6.09 Å². The second-order valence-corrected chi connectivity index (χ2v) is 5.71. The summed E-state index contributed by atoms with van der Waals surface area (Å²) in [5.41, 5.74) is 1.98. The van der Waals surface area contributed by atoms with Gasteiger partial charge >= 0.3 is 6.09 Å². The minimum atomic E-state index is -0.438. The van der Waals surface area contributed by atoms with Crippen molar-refractivity contribution in [3.8, 4) is 0 Å². The van der Waals surface area contributed by atoms with Crippen molar-refractivity contribution in [3.05, 3.63) is 17.5 Å². The van der Waals surface area contributed by atoms with E-state index in [-0.39, 0.29) is 6.09 Å². The van der Waals surface area contributed by atoms with Crippen LogP contribution in [0.1, 0.15) is 32.0 Å². The predicted octanol–water partition coefficient (Wildman–Crippen LogP) is 1.98. The zero-order valence-electron chi connectivity index (χ0n) is 11.6. The molecule has 0 fully saturated rings. The lowest BCUT2D eigenvalue weighted by Gasteiger charge is -2.26. The van der Waals surface area contributed by atoms with Gasteiger partial charge in [0.05, 0.1) is 12.7 Å². The number of hydrogen-bond donors (Lipinski definition) is 0. The highest BCUT2D eigenvalue weighted by molar-refractivity contribution is 5.68. The van der Waals surface area contributed by atoms with Gasteiger partial charge in [0.25, 0.3) is 0 Å². The quantitative estimate of drug-likeness (QED) is 0.708. The van der Waals surface area contributed by atoms with Crippen LogP contribution in [0, 0.1) is 6.92 Å². The second kappa shape index (κ2) is 4.63. The maximum Gasteiger partial charge on any atom is 0.410 e. The summed E-state index contributed by atoms with van der Waals surface area (Å²) >= 11 is 0. The molecule has 0 unspecified atom stereocenters. The number of carbonyl (C=O) groups excluding carboxylic acids is 1. The highest BCUT2D eigenvalue weighted by atomic mass is 16.6. The van der Waals surface area contributed by atoms with E-state index in [1.54, 1.807) is 4.90 Å². The van der Waals surface area contributed by atoms with Crippen LogP contribution in [0.3, 0.4) is 0 Å². The van der Waals surface area contributed by atoms with Gasteiger partial charge in [-0.3, -0.25) is 4.68 Å². The number of hydrogen-bond acceptors (Lipinski definition) is 3. The van der Waals surface area contributed by atoms with Gasteiger partial charge in [-0.25, -0.2) is 4.79 Å². The Morgan fingerprint density at radius 1 is 1.33 bits per heavy atom. The summed E-state index contributed by atoms with van der Waals surface area (Å²) in [5.74, 6) is 0. The zero-order chi connectivity index (χ0) is 13.3. The average Bonchev–Trinajstić information content (AvgIpc) is 2.48. The molecule has 1 aliphatic rings. The fraction of sp³-hybridized carbons (Fsp3) is 0.692. The third kappa shape index (κ3) is 2.83. The lowest BCUT2D eigenvalue weighted by Crippen LogP contribution is -2.38. The van der Waals surface area contributed by atoms with E-state index in [0.717, 1.165) is 13.0 Å². The molecule has 100 valence electrons. The molecular formula is C13H21N3O2. The normalized spacial score (nSPS) is 16.1. The Hall–Kier alpha value is -1.52. The highest BCUT2D eigenvalue weighted by Gasteiger charge is 2.24. The molecule has 0 aromatic carbocycles. The number of aryl methyl sites for hydroxylation is 1. The van der Waals surface area contributed by atoms with E-state index in [1.807, 2.05) is 31.6 Å². The molecule has 0 atom stereocenters. The van der Waals surface area contributed by atoms with Crippen LogP contribution in [0.4, 0.5) is 4.79 Å². The van der Waals surface area contributed by atoms with Crippen molar-refractivity contribution < 1.29 is 9.53 Å². The third-order valence-corrected chi connectivity index (χ3v) is 3.01. The Balaban J connectivity index is 2.02. The maximum absolute atomic E-state index is 12.0. The summed E-state index contributed by atoms with van der Waals surface area (Å²) in [4.78, 5) is 13.8. The Bertz CT molecular complexity index is 446. The first-order valence-corrected chi connectivity index (χ1v) is 6.36. The summed E-state index contributed by atoms with van der Waals surface area (Å²) in [7, 11) is 0. The van der Waals surface area contributed by atoms with E-state index in [1.165, 1.54) is 11.3 Å². The summed E-state index contributed by atoms with van der Waals surface area (Å²) in [6.45, 7) is 9.81. The molecule has 0 saturated carbocycles. The molecule has 0 radical (unpaired) electrons. The van der Waals surface area contributed by atoms with E-state index in [0.29, 0.717) is 13.1 Å². The van der Waals surface area contributed by atoms with Gasteiger partial charge in [-0.2, -0.15) is 5.10 Å². The van der Waals surface area contributed by atoms with Crippen molar-refractivity contribution in [3.63, 3.8) is 0 Å². The molecule has 1 aliphatic heterocycles. The summed E-state index contributed by atoms with van der Waals surface area (Å²) in [6, 6.07) is 0. The van der Waals surface area contributed by atoms with Crippen LogP contribution >= 0.6 is 0 Å². The van der Waals surface area contributed by atoms with Gasteiger partial charge in [0, 0.05) is 25.2 Å². The molecule has 0 bridgehead atoms. The summed E-state index contributed by atoms with van der Waals surface area (Å²) in [5, 5.41) is 4.32. The smallest absolute Gasteiger partial charge is 0.410 e. The zero-order valence-corrected chi connectivity index (χ0v) is 11.6. The second-order valence-electron chi connectivity index (χ2n) is 5.71. The van der Waals surface area contributed by atoms with Crippen molar-refractivity contribution in [2.45, 2.75) is 46.3 Å². The highest BCUT2D eigenvalue weighted by Crippen LogP contribution is 2.15. The lowest BCUT2D eigenvalue weighted by atomic mass is 10.2. The van der Waals surface area contributed by atoms with Crippen molar-refractivity contribution in [2.24, 2.45) is 0 Å². The topological polar surface area (TPSA) is 47.4 Å². The molecule has 0 saturated heterocycles. The van der Waals surface area contributed by atoms with Crippen LogP contribution in [0.2, 0.25) is 0 Å². The van der Waals surface area contributed by atoms with Crippen LogP contribution in [-0.4, -0.2) is 39.5 Å². The standard InChI is InChI=1S/C13H21N3O2/c1-10-9-14-16-8-7-15(6-5-11(10)16)12(17)18-13(2,3)4/h9H,5-8H2,1-4H3. The number of carbonyl (C=O) groups is 1. The minimum Gasteiger partial charge on any atom is -0.444 e. The number of aromatic nitrogens is 2. The molecular weight excluding hydrogens is 230 g/mol. The number of ether oxygens (including phenoxy) is 1. The molecule has 1 aromatic rings. The molecule has 5 nitrogen and oxygen atoms in total. The monoisotopic (exact) mass is 251 g/mol. The van der Waals surface area contributed by atoms with Crippen LogP contribution < -0.4 is 0 Å². The SMILES string of the molecule is Cc1cnn2c1CCN(C(=O)OC(C)(C)C)CC2. The number of amides is 1. The largest absolute Gasteiger partial charge is 0.444 e. The van der Waals surface area contributed by atoms with Gasteiger partial charge in [-0.05, 0) is 33.3 Å². The van der Waals surface area contributed by atoms with Gasteiger partial charge in [-0.15, -0.1) is 0 Å². The van der Waals surface area contributed by atoms with Crippen LogP contribution in [-0.2, 0) is 17.7 Å². The molecule has 0 N–H and O–H groups in total. The van der Waals surface area contributed by atoms with Gasteiger partial charge in [-0.1, -0.05) is 0 Å². The summed E-state index contributed by atoms with van der Waals surface area (Å²) in [6.07, 6.45) is 2.50. The Kier molecular flexibility index (Phi) is 3.32. The van der Waals surface area contributed by atoms with Crippen molar-refractivity contribution in [2.75, 3.05) is 13.1 Å². The van der Waals surface area contributed by atoms with Crippen LogP contribution in [0.15, 0.2) is 6.20 Å². The minimum absolute atomic E-state index is 0.231. The van der Waals surface area contributed by atoms with E-state index >= 15 is 0 Å². The fourth-order valence-corrected chi connectivity index (χ4v) is 2.10. The van der Waals surface area contributed by atoms with E-state index in [4.69, 9.17) is 4.74 Å². The number of nitrogens with zero attached hydrogens (tertiary/aromatic N) is 3. The molecule has 1 amide bonds. The third-order valence-electron chi connectivity index (χ3n) is 3.01. The molecule has 18 heavy (non-hydrogen) atoms. The molecule has 0 spiro atoms. The van der Waals surface area contributed by atoms with E-state index in [2.05, 4.69) is 12.0 Å². The van der Waals surface area contributed by atoms with Crippen LogP contribution in [0.25, 0.3) is 0 Å². The fourth-order valence-electron chi connectivity index (χ4n) is 2.10. The molecule has 1 aromatic heterocycles. The van der Waals surface area contributed by atoms with Gasteiger partial charge in [0.1, 0.15) is 5.60 Å². The number of fused-ring (bicyclic) bond motifs is 1. The summed E-state index contributed by atoms with van der Waals surface area (Å²) < 4.78 is 7.38. The maximum atomic E-state index is 12.0. The first-order chi connectivity index (χ1) is 8.37. The average molecular weight is 251 g/mol. The number of rotatable bonds is 0. The van der Waals surface area contributed by atoms with E-state index < -0.39 is 5.60 Å². The Labute approximate surface area is 108 Å². The van der Waals surface area contributed by atoms with Gasteiger partial charge in [0.2, 0.25) is 0 Å². The van der Waals surface area contributed by atoms with Gasteiger partial charge in [0.15, 0.2) is 0 Å².